The number of sulfonamides is 1. The Bertz CT molecular complexity index is 759. The standard InChI is InChI=1S/C16H17NO5S/c18-16(19)13-6-4-7-14(12-13)22-11-5-10-17-23(20,21)15-8-2-1-3-9-15/h1-4,6-9,12,17H,5,10-11H2,(H,18,19). The average molecular weight is 335 g/mol. The minimum atomic E-state index is -3.51. The zero-order valence-electron chi connectivity index (χ0n) is 12.3. The molecule has 2 N–H and O–H groups in total. The minimum absolute atomic E-state index is 0.146. The van der Waals surface area contributed by atoms with E-state index in [2.05, 4.69) is 4.72 Å². The van der Waals surface area contributed by atoms with Gasteiger partial charge in [-0.1, -0.05) is 24.3 Å². The van der Waals surface area contributed by atoms with Crippen LogP contribution < -0.4 is 9.46 Å². The molecule has 0 aliphatic rings. The summed E-state index contributed by atoms with van der Waals surface area (Å²) in [6, 6.07) is 14.3. The molecule has 0 aliphatic carbocycles. The molecular weight excluding hydrogens is 318 g/mol. The fourth-order valence-electron chi connectivity index (χ4n) is 1.87. The summed E-state index contributed by atoms with van der Waals surface area (Å²) >= 11 is 0. The Morgan fingerprint density at radius 3 is 2.52 bits per heavy atom. The molecule has 0 atom stereocenters. The van der Waals surface area contributed by atoms with E-state index in [1.165, 1.54) is 24.3 Å². The first-order valence-corrected chi connectivity index (χ1v) is 8.48. The lowest BCUT2D eigenvalue weighted by molar-refractivity contribution is 0.0696. The number of hydrogen-bond acceptors (Lipinski definition) is 4. The van der Waals surface area contributed by atoms with E-state index >= 15 is 0 Å². The Labute approximate surface area is 134 Å². The molecule has 2 aromatic rings. The molecule has 7 heteroatoms. The number of carboxylic acid groups (broad SMARTS) is 1. The van der Waals surface area contributed by atoms with Gasteiger partial charge in [-0.2, -0.15) is 0 Å². The van der Waals surface area contributed by atoms with Gasteiger partial charge in [0.05, 0.1) is 17.1 Å². The van der Waals surface area contributed by atoms with Crippen LogP contribution in [0.1, 0.15) is 16.8 Å². The van der Waals surface area contributed by atoms with Crippen molar-refractivity contribution in [1.82, 2.24) is 4.72 Å². The maximum atomic E-state index is 12.0. The van der Waals surface area contributed by atoms with Gasteiger partial charge >= 0.3 is 5.97 Å². The Morgan fingerprint density at radius 2 is 1.83 bits per heavy atom. The highest BCUT2D eigenvalue weighted by atomic mass is 32.2. The zero-order valence-corrected chi connectivity index (χ0v) is 13.1. The number of ether oxygens (including phenoxy) is 1. The number of aromatic carboxylic acids is 1. The monoisotopic (exact) mass is 335 g/mol. The number of carboxylic acids is 1. The van der Waals surface area contributed by atoms with Gasteiger partial charge in [0.1, 0.15) is 5.75 Å². The third-order valence-corrected chi connectivity index (χ3v) is 4.49. The molecule has 6 nitrogen and oxygen atoms in total. The van der Waals surface area contributed by atoms with Gasteiger partial charge in [0.25, 0.3) is 0 Å². The lowest BCUT2D eigenvalue weighted by Crippen LogP contribution is -2.25. The third-order valence-electron chi connectivity index (χ3n) is 3.02. The van der Waals surface area contributed by atoms with Crippen LogP contribution in [0.2, 0.25) is 0 Å². The highest BCUT2D eigenvalue weighted by Crippen LogP contribution is 2.13. The van der Waals surface area contributed by atoms with Crippen molar-refractivity contribution in [2.24, 2.45) is 0 Å². The molecule has 23 heavy (non-hydrogen) atoms. The Hall–Kier alpha value is -2.38. The molecule has 122 valence electrons. The van der Waals surface area contributed by atoms with Crippen molar-refractivity contribution in [3.05, 3.63) is 60.2 Å². The Morgan fingerprint density at radius 1 is 1.09 bits per heavy atom. The Kier molecular flexibility index (Phi) is 5.72. The summed E-state index contributed by atoms with van der Waals surface area (Å²) in [5.41, 5.74) is 0.146. The number of hydrogen-bond donors (Lipinski definition) is 2. The molecule has 0 amide bonds. The van der Waals surface area contributed by atoms with Crippen LogP contribution in [0.5, 0.6) is 5.75 Å². The van der Waals surface area contributed by atoms with E-state index in [9.17, 15) is 13.2 Å². The van der Waals surface area contributed by atoms with Crippen molar-refractivity contribution in [1.29, 1.82) is 0 Å². The lowest BCUT2D eigenvalue weighted by atomic mass is 10.2. The normalized spacial score (nSPS) is 11.1. The van der Waals surface area contributed by atoms with E-state index in [1.807, 2.05) is 0 Å². The lowest BCUT2D eigenvalue weighted by Gasteiger charge is -2.08. The largest absolute Gasteiger partial charge is 0.494 e. The van der Waals surface area contributed by atoms with Gasteiger partial charge in [-0.15, -0.1) is 0 Å². The van der Waals surface area contributed by atoms with Crippen LogP contribution in [0.15, 0.2) is 59.5 Å². The first-order valence-electron chi connectivity index (χ1n) is 7.00. The van der Waals surface area contributed by atoms with Crippen LogP contribution in [0.4, 0.5) is 0 Å². The first-order chi connectivity index (χ1) is 11.0. The Balaban J connectivity index is 1.78. The molecule has 0 bridgehead atoms. The molecule has 2 rings (SSSR count). The molecular formula is C16H17NO5S. The SMILES string of the molecule is O=C(O)c1cccc(OCCCNS(=O)(=O)c2ccccc2)c1. The number of rotatable bonds is 8. The van der Waals surface area contributed by atoms with Gasteiger partial charge in [-0.3, -0.25) is 0 Å². The van der Waals surface area contributed by atoms with Crippen LogP contribution in [0.3, 0.4) is 0 Å². The maximum absolute atomic E-state index is 12.0. The van der Waals surface area contributed by atoms with E-state index in [-0.39, 0.29) is 23.6 Å². The van der Waals surface area contributed by atoms with Crippen LogP contribution in [-0.4, -0.2) is 32.6 Å². The zero-order chi connectivity index (χ0) is 16.7. The first kappa shape index (κ1) is 17.0. The number of benzene rings is 2. The fourth-order valence-corrected chi connectivity index (χ4v) is 2.97. The number of carbonyl (C=O) groups is 1. The van der Waals surface area contributed by atoms with Gasteiger partial charge in [0.2, 0.25) is 10.0 Å². The van der Waals surface area contributed by atoms with Crippen molar-refractivity contribution >= 4 is 16.0 Å². The second-order valence-electron chi connectivity index (χ2n) is 4.75. The van der Waals surface area contributed by atoms with Crippen LogP contribution >= 0.6 is 0 Å². The van der Waals surface area contributed by atoms with Crippen LogP contribution in [0, 0.1) is 0 Å². The second kappa shape index (κ2) is 7.75. The number of nitrogens with one attached hydrogen (secondary N) is 1. The smallest absolute Gasteiger partial charge is 0.335 e. The molecule has 2 aromatic carbocycles. The average Bonchev–Trinajstić information content (AvgIpc) is 2.55. The minimum Gasteiger partial charge on any atom is -0.494 e. The molecule has 0 saturated heterocycles. The summed E-state index contributed by atoms with van der Waals surface area (Å²) in [6.07, 6.45) is 0.462. The van der Waals surface area contributed by atoms with Crippen LogP contribution in [0.25, 0.3) is 0 Å². The van der Waals surface area contributed by atoms with Crippen molar-refractivity contribution in [2.75, 3.05) is 13.2 Å². The van der Waals surface area contributed by atoms with Crippen molar-refractivity contribution in [2.45, 2.75) is 11.3 Å². The van der Waals surface area contributed by atoms with E-state index in [1.54, 1.807) is 30.3 Å². The van der Waals surface area contributed by atoms with E-state index in [0.717, 1.165) is 0 Å². The second-order valence-corrected chi connectivity index (χ2v) is 6.51. The fraction of sp³-hybridized carbons (Fsp3) is 0.188. The summed E-state index contributed by atoms with van der Waals surface area (Å²) in [5.74, 6) is -0.582. The van der Waals surface area contributed by atoms with Crippen LogP contribution in [-0.2, 0) is 10.0 Å². The highest BCUT2D eigenvalue weighted by molar-refractivity contribution is 7.89. The summed E-state index contributed by atoms with van der Waals surface area (Å²) in [4.78, 5) is 11.1. The van der Waals surface area contributed by atoms with Gasteiger partial charge in [0, 0.05) is 6.54 Å². The molecule has 0 radical (unpaired) electrons. The van der Waals surface area contributed by atoms with E-state index in [4.69, 9.17) is 9.84 Å². The molecule has 0 heterocycles. The van der Waals surface area contributed by atoms with Crippen molar-refractivity contribution < 1.29 is 23.1 Å². The molecule has 0 aliphatic heterocycles. The molecule has 0 unspecified atom stereocenters. The summed E-state index contributed by atoms with van der Waals surface area (Å²) in [6.45, 7) is 0.510. The predicted octanol–water partition coefficient (Wildman–Crippen LogP) is 2.13. The molecule has 0 saturated carbocycles. The maximum Gasteiger partial charge on any atom is 0.335 e. The van der Waals surface area contributed by atoms with Crippen molar-refractivity contribution in [3.63, 3.8) is 0 Å². The highest BCUT2D eigenvalue weighted by Gasteiger charge is 2.12. The quantitative estimate of drug-likeness (QED) is 0.721. The van der Waals surface area contributed by atoms with Gasteiger partial charge in [-0.25, -0.2) is 17.9 Å². The summed E-state index contributed by atoms with van der Waals surface area (Å²) in [5, 5.41) is 8.88. The predicted molar refractivity (Wildman–Crippen MR) is 85.1 cm³/mol. The molecule has 0 fully saturated rings. The van der Waals surface area contributed by atoms with Crippen molar-refractivity contribution in [3.8, 4) is 5.75 Å². The topological polar surface area (TPSA) is 92.7 Å². The third kappa shape index (κ3) is 5.08. The van der Waals surface area contributed by atoms with Gasteiger partial charge < -0.3 is 9.84 Å². The molecule has 0 aromatic heterocycles. The summed E-state index contributed by atoms with van der Waals surface area (Å²) in [7, 11) is -3.51. The van der Waals surface area contributed by atoms with E-state index < -0.39 is 16.0 Å². The van der Waals surface area contributed by atoms with Gasteiger partial charge in [-0.05, 0) is 36.8 Å². The van der Waals surface area contributed by atoms with E-state index in [0.29, 0.717) is 12.2 Å². The molecule has 0 spiro atoms. The summed E-state index contributed by atoms with van der Waals surface area (Å²) < 4.78 is 31.8. The van der Waals surface area contributed by atoms with Gasteiger partial charge in [0.15, 0.2) is 0 Å².